The van der Waals surface area contributed by atoms with E-state index in [1.807, 2.05) is 47.8 Å². The zero-order valence-electron chi connectivity index (χ0n) is 13.3. The van der Waals surface area contributed by atoms with Crippen molar-refractivity contribution in [1.82, 2.24) is 5.32 Å². The number of ether oxygens (including phenoxy) is 1. The fourth-order valence-corrected chi connectivity index (χ4v) is 3.32. The number of nitrogens with zero attached hydrogens (tertiary/aromatic N) is 1. The minimum absolute atomic E-state index is 0.00941. The highest BCUT2D eigenvalue weighted by Gasteiger charge is 2.27. The standard InChI is InChI=1S/C18H20N2O3S/c21-17(9-8-16-7-4-10-24-16)19-11-15-12-20(18(22)13-23-15)14-5-2-1-3-6-14/h1-7,10,15H,8-9,11-13H2,(H,19,21). The number of anilines is 1. The second kappa shape index (κ2) is 8.08. The molecule has 1 fully saturated rings. The maximum Gasteiger partial charge on any atom is 0.253 e. The summed E-state index contributed by atoms with van der Waals surface area (Å²) in [6, 6.07) is 13.5. The number of nitrogens with one attached hydrogen (secondary N) is 1. The van der Waals surface area contributed by atoms with Crippen LogP contribution in [0.3, 0.4) is 0 Å². The third-order valence-electron chi connectivity index (χ3n) is 3.90. The third kappa shape index (κ3) is 4.43. The van der Waals surface area contributed by atoms with Crippen LogP contribution in [0.5, 0.6) is 0 Å². The van der Waals surface area contributed by atoms with Gasteiger partial charge in [0.05, 0.1) is 12.6 Å². The van der Waals surface area contributed by atoms with Gasteiger partial charge in [0.25, 0.3) is 5.91 Å². The van der Waals surface area contributed by atoms with Gasteiger partial charge in [0.2, 0.25) is 5.91 Å². The Morgan fingerprint density at radius 1 is 1.25 bits per heavy atom. The summed E-state index contributed by atoms with van der Waals surface area (Å²) in [5, 5.41) is 4.92. The largest absolute Gasteiger partial charge is 0.365 e. The van der Waals surface area contributed by atoms with Crippen molar-refractivity contribution in [3.8, 4) is 0 Å². The Balaban J connectivity index is 1.47. The number of carbonyl (C=O) groups excluding carboxylic acids is 2. The number of hydrogen-bond acceptors (Lipinski definition) is 4. The molecule has 5 nitrogen and oxygen atoms in total. The quantitative estimate of drug-likeness (QED) is 0.874. The SMILES string of the molecule is O=C(CCc1cccs1)NCC1CN(c2ccccc2)C(=O)CO1. The van der Waals surface area contributed by atoms with Gasteiger partial charge in [-0.25, -0.2) is 0 Å². The molecule has 1 atom stereocenters. The molecule has 2 heterocycles. The third-order valence-corrected chi connectivity index (χ3v) is 4.84. The van der Waals surface area contributed by atoms with Gasteiger partial charge >= 0.3 is 0 Å². The van der Waals surface area contributed by atoms with Gasteiger partial charge in [0, 0.05) is 23.5 Å². The predicted molar refractivity (Wildman–Crippen MR) is 94.2 cm³/mol. The highest BCUT2D eigenvalue weighted by atomic mass is 32.1. The lowest BCUT2D eigenvalue weighted by molar-refractivity contribution is -0.129. The second-order valence-electron chi connectivity index (χ2n) is 5.66. The van der Waals surface area contributed by atoms with E-state index in [-0.39, 0.29) is 24.5 Å². The van der Waals surface area contributed by atoms with Gasteiger partial charge < -0.3 is 15.0 Å². The number of hydrogen-bond donors (Lipinski definition) is 1. The van der Waals surface area contributed by atoms with Crippen molar-refractivity contribution in [3.05, 3.63) is 52.7 Å². The lowest BCUT2D eigenvalue weighted by atomic mass is 10.2. The topological polar surface area (TPSA) is 58.6 Å². The van der Waals surface area contributed by atoms with Crippen molar-refractivity contribution in [1.29, 1.82) is 0 Å². The maximum atomic E-state index is 12.0. The van der Waals surface area contributed by atoms with E-state index in [4.69, 9.17) is 4.74 Å². The molecule has 0 aliphatic carbocycles. The summed E-state index contributed by atoms with van der Waals surface area (Å²) in [6.45, 7) is 0.915. The van der Waals surface area contributed by atoms with Crippen LogP contribution in [0.15, 0.2) is 47.8 Å². The Morgan fingerprint density at radius 2 is 2.08 bits per heavy atom. The first-order valence-electron chi connectivity index (χ1n) is 7.98. The van der Waals surface area contributed by atoms with Crippen molar-refractivity contribution in [3.63, 3.8) is 0 Å². The normalized spacial score (nSPS) is 17.8. The molecule has 0 bridgehead atoms. The summed E-state index contributed by atoms with van der Waals surface area (Å²) < 4.78 is 5.54. The van der Waals surface area contributed by atoms with E-state index in [2.05, 4.69) is 5.32 Å². The van der Waals surface area contributed by atoms with Crippen LogP contribution in [0.1, 0.15) is 11.3 Å². The van der Waals surface area contributed by atoms with Crippen LogP contribution in [-0.4, -0.2) is 37.6 Å². The molecule has 1 unspecified atom stereocenters. The highest BCUT2D eigenvalue weighted by molar-refractivity contribution is 7.09. The lowest BCUT2D eigenvalue weighted by Crippen LogP contribution is -2.50. The Kier molecular flexibility index (Phi) is 5.61. The number of benzene rings is 1. The molecule has 2 aromatic rings. The lowest BCUT2D eigenvalue weighted by Gasteiger charge is -2.32. The van der Waals surface area contributed by atoms with Gasteiger partial charge in [0.1, 0.15) is 6.61 Å². The Labute approximate surface area is 145 Å². The molecule has 24 heavy (non-hydrogen) atoms. The molecular weight excluding hydrogens is 324 g/mol. The van der Waals surface area contributed by atoms with Crippen molar-refractivity contribution < 1.29 is 14.3 Å². The smallest absolute Gasteiger partial charge is 0.253 e. The molecule has 1 aromatic carbocycles. The highest BCUT2D eigenvalue weighted by Crippen LogP contribution is 2.18. The minimum Gasteiger partial charge on any atom is -0.365 e. The van der Waals surface area contributed by atoms with E-state index in [0.717, 1.165) is 12.1 Å². The van der Waals surface area contributed by atoms with Crippen LogP contribution in [-0.2, 0) is 20.7 Å². The van der Waals surface area contributed by atoms with Crippen LogP contribution in [0.2, 0.25) is 0 Å². The molecule has 0 saturated carbocycles. The second-order valence-corrected chi connectivity index (χ2v) is 6.69. The van der Waals surface area contributed by atoms with Crippen molar-refractivity contribution in [2.24, 2.45) is 0 Å². The number of amides is 2. The molecule has 2 amide bonds. The van der Waals surface area contributed by atoms with E-state index in [1.54, 1.807) is 16.2 Å². The van der Waals surface area contributed by atoms with Crippen LogP contribution in [0.4, 0.5) is 5.69 Å². The van der Waals surface area contributed by atoms with Gasteiger partial charge in [0.15, 0.2) is 0 Å². The molecule has 1 aromatic heterocycles. The molecule has 0 radical (unpaired) electrons. The summed E-state index contributed by atoms with van der Waals surface area (Å²) in [4.78, 5) is 26.9. The Hall–Kier alpha value is -2.18. The summed E-state index contributed by atoms with van der Waals surface area (Å²) in [6.07, 6.45) is 1.03. The summed E-state index contributed by atoms with van der Waals surface area (Å²) in [5.41, 5.74) is 0.861. The number of para-hydroxylation sites is 1. The summed E-state index contributed by atoms with van der Waals surface area (Å²) >= 11 is 1.66. The van der Waals surface area contributed by atoms with Gasteiger partial charge in [-0.3, -0.25) is 9.59 Å². The first kappa shape index (κ1) is 16.7. The summed E-state index contributed by atoms with van der Waals surface area (Å²) in [7, 11) is 0. The van der Waals surface area contributed by atoms with Gasteiger partial charge in [-0.2, -0.15) is 0 Å². The van der Waals surface area contributed by atoms with Crippen LogP contribution in [0, 0.1) is 0 Å². The number of aryl methyl sites for hydroxylation is 1. The molecular formula is C18H20N2O3S. The van der Waals surface area contributed by atoms with Gasteiger partial charge in [-0.15, -0.1) is 11.3 Å². The molecule has 6 heteroatoms. The predicted octanol–water partition coefficient (Wildman–Crippen LogP) is 2.23. The molecule has 1 saturated heterocycles. The molecule has 1 aliphatic heterocycles. The molecule has 1 aliphatic rings. The molecule has 3 rings (SSSR count). The summed E-state index contributed by atoms with van der Waals surface area (Å²) in [5.74, 6) is -0.0448. The minimum atomic E-state index is -0.186. The van der Waals surface area contributed by atoms with Gasteiger partial charge in [-0.1, -0.05) is 24.3 Å². The monoisotopic (exact) mass is 344 g/mol. The van der Waals surface area contributed by atoms with Crippen LogP contribution < -0.4 is 10.2 Å². The first-order chi connectivity index (χ1) is 11.7. The van der Waals surface area contributed by atoms with Crippen LogP contribution >= 0.6 is 11.3 Å². The van der Waals surface area contributed by atoms with E-state index in [9.17, 15) is 9.59 Å². The first-order valence-corrected chi connectivity index (χ1v) is 8.86. The van der Waals surface area contributed by atoms with E-state index >= 15 is 0 Å². The van der Waals surface area contributed by atoms with Crippen molar-refractivity contribution >= 4 is 28.8 Å². The number of morpholine rings is 1. The van der Waals surface area contributed by atoms with Crippen molar-refractivity contribution in [2.45, 2.75) is 18.9 Å². The van der Waals surface area contributed by atoms with E-state index < -0.39 is 0 Å². The van der Waals surface area contributed by atoms with Crippen LogP contribution in [0.25, 0.3) is 0 Å². The molecule has 126 valence electrons. The zero-order valence-corrected chi connectivity index (χ0v) is 14.1. The number of carbonyl (C=O) groups is 2. The van der Waals surface area contributed by atoms with Crippen molar-refractivity contribution in [2.75, 3.05) is 24.6 Å². The zero-order chi connectivity index (χ0) is 16.8. The fourth-order valence-electron chi connectivity index (χ4n) is 2.61. The van der Waals surface area contributed by atoms with E-state index in [1.165, 1.54) is 4.88 Å². The van der Waals surface area contributed by atoms with Gasteiger partial charge in [-0.05, 0) is 30.0 Å². The number of rotatable bonds is 6. The maximum absolute atomic E-state index is 12.0. The average Bonchev–Trinajstić information content (AvgIpc) is 3.13. The fraction of sp³-hybridized carbons (Fsp3) is 0.333. The Morgan fingerprint density at radius 3 is 2.83 bits per heavy atom. The molecule has 1 N–H and O–H groups in total. The van der Waals surface area contributed by atoms with E-state index in [0.29, 0.717) is 19.5 Å². The molecule has 0 spiro atoms. The Bertz CT molecular complexity index is 673. The average molecular weight is 344 g/mol. The number of thiophene rings is 1.